The second kappa shape index (κ2) is 6.04. The minimum Gasteiger partial charge on any atom is -0.460 e. The van der Waals surface area contributed by atoms with Gasteiger partial charge in [-0.25, -0.2) is 0 Å². The summed E-state index contributed by atoms with van der Waals surface area (Å²) in [5.41, 5.74) is 3.56. The highest BCUT2D eigenvalue weighted by atomic mass is 16.6. The zero-order valence-electron chi connectivity index (χ0n) is 14.8. The highest BCUT2D eigenvalue weighted by Gasteiger charge is 2.26. The molecule has 0 amide bonds. The molecule has 0 saturated heterocycles. The Bertz CT molecular complexity index is 550. The minimum absolute atomic E-state index is 0.157. The Morgan fingerprint density at radius 1 is 1.14 bits per heavy atom. The number of carbonyl (C=O) groups is 1. The minimum atomic E-state index is -0.422. The van der Waals surface area contributed by atoms with Gasteiger partial charge in [0.1, 0.15) is 5.60 Å². The molecule has 0 fully saturated rings. The maximum atomic E-state index is 12.0. The first-order valence-electron chi connectivity index (χ1n) is 8.12. The van der Waals surface area contributed by atoms with Crippen molar-refractivity contribution in [2.75, 3.05) is 6.54 Å². The summed E-state index contributed by atoms with van der Waals surface area (Å²) in [4.78, 5) is 14.5. The average Bonchev–Trinajstić information content (AvgIpc) is 2.34. The van der Waals surface area contributed by atoms with E-state index in [2.05, 4.69) is 43.9 Å². The number of hydrogen-bond acceptors (Lipinski definition) is 3. The van der Waals surface area contributed by atoms with E-state index in [0.29, 0.717) is 6.42 Å². The van der Waals surface area contributed by atoms with Crippen LogP contribution >= 0.6 is 0 Å². The Labute approximate surface area is 134 Å². The molecule has 0 aromatic heterocycles. The van der Waals surface area contributed by atoms with Crippen LogP contribution in [0.25, 0.3) is 0 Å². The van der Waals surface area contributed by atoms with Gasteiger partial charge in [-0.3, -0.25) is 9.69 Å². The molecule has 122 valence electrons. The van der Waals surface area contributed by atoms with E-state index in [9.17, 15) is 4.79 Å². The maximum absolute atomic E-state index is 12.0. The van der Waals surface area contributed by atoms with Gasteiger partial charge in [-0.1, -0.05) is 18.2 Å². The molecule has 0 N–H and O–H groups in total. The molecule has 2 rings (SSSR count). The van der Waals surface area contributed by atoms with Crippen LogP contribution < -0.4 is 0 Å². The number of carbonyl (C=O) groups excluding carboxylic acids is 1. The lowest BCUT2D eigenvalue weighted by Crippen LogP contribution is -2.44. The number of nitrogens with zero attached hydrogens (tertiary/aromatic N) is 1. The number of rotatable bonds is 2. The van der Waals surface area contributed by atoms with Crippen LogP contribution in [0.3, 0.4) is 0 Å². The van der Waals surface area contributed by atoms with Crippen molar-refractivity contribution >= 4 is 5.97 Å². The average molecular weight is 303 g/mol. The van der Waals surface area contributed by atoms with Crippen LogP contribution in [0.1, 0.15) is 58.2 Å². The van der Waals surface area contributed by atoms with Crippen LogP contribution in [-0.4, -0.2) is 28.6 Å². The summed E-state index contributed by atoms with van der Waals surface area (Å²) in [6, 6.07) is 6.42. The highest BCUT2D eigenvalue weighted by molar-refractivity contribution is 5.73. The Balaban J connectivity index is 2.10. The van der Waals surface area contributed by atoms with E-state index >= 15 is 0 Å². The maximum Gasteiger partial charge on any atom is 0.310 e. The first-order valence-corrected chi connectivity index (χ1v) is 8.12. The van der Waals surface area contributed by atoms with Gasteiger partial charge < -0.3 is 4.74 Å². The first kappa shape index (κ1) is 17.0. The largest absolute Gasteiger partial charge is 0.460 e. The number of hydrogen-bond donors (Lipinski definition) is 0. The molecule has 0 unspecified atom stereocenters. The smallest absolute Gasteiger partial charge is 0.310 e. The van der Waals surface area contributed by atoms with Gasteiger partial charge in [-0.15, -0.1) is 0 Å². The van der Waals surface area contributed by atoms with Crippen molar-refractivity contribution in [1.29, 1.82) is 0 Å². The molecule has 1 aromatic carbocycles. The van der Waals surface area contributed by atoms with E-state index in [4.69, 9.17) is 4.74 Å². The van der Waals surface area contributed by atoms with E-state index in [1.54, 1.807) is 0 Å². The van der Waals surface area contributed by atoms with Gasteiger partial charge in [0.05, 0.1) is 6.42 Å². The quantitative estimate of drug-likeness (QED) is 0.780. The predicted molar refractivity (Wildman–Crippen MR) is 89.9 cm³/mol. The van der Waals surface area contributed by atoms with E-state index in [0.717, 1.165) is 25.1 Å². The lowest BCUT2D eigenvalue weighted by Gasteiger charge is -2.39. The second-order valence-electron chi connectivity index (χ2n) is 8.21. The molecular weight excluding hydrogens is 274 g/mol. The Morgan fingerprint density at radius 2 is 1.82 bits per heavy atom. The molecule has 0 saturated carbocycles. The third kappa shape index (κ3) is 4.57. The zero-order chi connectivity index (χ0) is 16.5. The molecule has 3 nitrogen and oxygen atoms in total. The molecule has 1 aromatic rings. The van der Waals surface area contributed by atoms with Gasteiger partial charge in [-0.2, -0.15) is 0 Å². The van der Waals surface area contributed by atoms with E-state index in [-0.39, 0.29) is 11.5 Å². The van der Waals surface area contributed by atoms with Gasteiger partial charge >= 0.3 is 5.97 Å². The Morgan fingerprint density at radius 3 is 2.41 bits per heavy atom. The lowest BCUT2D eigenvalue weighted by atomic mass is 9.93. The molecule has 1 heterocycles. The molecular formula is C19H29NO2. The molecule has 1 aliphatic rings. The monoisotopic (exact) mass is 303 g/mol. The first-order chi connectivity index (χ1) is 10.0. The third-order valence-electron chi connectivity index (χ3n) is 4.00. The summed E-state index contributed by atoms with van der Waals surface area (Å²) in [6.45, 7) is 14.5. The molecule has 1 aliphatic heterocycles. The fraction of sp³-hybridized carbons (Fsp3) is 0.632. The summed E-state index contributed by atoms with van der Waals surface area (Å²) in [6.07, 6.45) is 1.43. The van der Waals surface area contributed by atoms with Crippen LogP contribution in [-0.2, 0) is 28.9 Å². The van der Waals surface area contributed by atoms with Gasteiger partial charge in [0.2, 0.25) is 0 Å². The molecule has 3 heteroatoms. The second-order valence-corrected chi connectivity index (χ2v) is 8.21. The molecule has 0 spiro atoms. The highest BCUT2D eigenvalue weighted by Crippen LogP contribution is 2.26. The van der Waals surface area contributed by atoms with Crippen molar-refractivity contribution in [3.8, 4) is 0 Å². The normalized spacial score (nSPS) is 16.3. The fourth-order valence-electron chi connectivity index (χ4n) is 2.84. The topological polar surface area (TPSA) is 29.5 Å². The molecule has 0 radical (unpaired) electrons. The SMILES string of the molecule is CC(C)(C)OC(=O)Cc1ccc2c(c1)CN(C(C)(C)C)CC2. The summed E-state index contributed by atoms with van der Waals surface area (Å²) >= 11 is 0. The molecule has 0 atom stereocenters. The molecule has 22 heavy (non-hydrogen) atoms. The third-order valence-corrected chi connectivity index (χ3v) is 4.00. The number of esters is 1. The summed E-state index contributed by atoms with van der Waals surface area (Å²) in [7, 11) is 0. The Kier molecular flexibility index (Phi) is 4.67. The van der Waals surface area contributed by atoms with Crippen molar-refractivity contribution in [2.24, 2.45) is 0 Å². The van der Waals surface area contributed by atoms with Gasteiger partial charge in [0, 0.05) is 18.6 Å². The fourth-order valence-corrected chi connectivity index (χ4v) is 2.84. The van der Waals surface area contributed by atoms with Crippen LogP contribution in [0, 0.1) is 0 Å². The zero-order valence-corrected chi connectivity index (χ0v) is 14.8. The van der Waals surface area contributed by atoms with Crippen LogP contribution in [0.15, 0.2) is 18.2 Å². The van der Waals surface area contributed by atoms with Crippen molar-refractivity contribution in [2.45, 2.75) is 72.1 Å². The van der Waals surface area contributed by atoms with Gasteiger partial charge in [0.15, 0.2) is 0 Å². The Hall–Kier alpha value is -1.35. The molecule has 0 aliphatic carbocycles. The van der Waals surface area contributed by atoms with Crippen molar-refractivity contribution in [3.63, 3.8) is 0 Å². The number of fused-ring (bicyclic) bond motifs is 1. The van der Waals surface area contributed by atoms with Gasteiger partial charge in [0.25, 0.3) is 0 Å². The van der Waals surface area contributed by atoms with E-state index in [1.807, 2.05) is 20.8 Å². The predicted octanol–water partition coefficient (Wildman–Crippen LogP) is 3.73. The van der Waals surface area contributed by atoms with E-state index < -0.39 is 5.60 Å². The van der Waals surface area contributed by atoms with Crippen LogP contribution in [0.5, 0.6) is 0 Å². The van der Waals surface area contributed by atoms with Crippen LogP contribution in [0.2, 0.25) is 0 Å². The summed E-state index contributed by atoms with van der Waals surface area (Å²) in [5, 5.41) is 0. The van der Waals surface area contributed by atoms with Crippen LogP contribution in [0.4, 0.5) is 0 Å². The van der Waals surface area contributed by atoms with Gasteiger partial charge in [-0.05, 0) is 64.7 Å². The summed E-state index contributed by atoms with van der Waals surface area (Å²) in [5.74, 6) is -0.157. The number of benzene rings is 1. The van der Waals surface area contributed by atoms with Crippen molar-refractivity contribution < 1.29 is 9.53 Å². The van der Waals surface area contributed by atoms with Crippen molar-refractivity contribution in [1.82, 2.24) is 4.90 Å². The standard InChI is InChI=1S/C19H29NO2/c1-18(2,3)20-10-9-15-8-7-14(11-16(15)13-20)12-17(21)22-19(4,5)6/h7-8,11H,9-10,12-13H2,1-6H3. The molecule has 0 bridgehead atoms. The van der Waals surface area contributed by atoms with Crippen molar-refractivity contribution in [3.05, 3.63) is 34.9 Å². The lowest BCUT2D eigenvalue weighted by molar-refractivity contribution is -0.153. The number of ether oxygens (including phenoxy) is 1. The van der Waals surface area contributed by atoms with E-state index in [1.165, 1.54) is 11.1 Å². The summed E-state index contributed by atoms with van der Waals surface area (Å²) < 4.78 is 5.41.